The van der Waals surface area contributed by atoms with Crippen molar-refractivity contribution < 1.29 is 4.42 Å². The van der Waals surface area contributed by atoms with Crippen molar-refractivity contribution in [2.75, 3.05) is 4.90 Å². The van der Waals surface area contributed by atoms with E-state index in [0.29, 0.717) is 0 Å². The second-order valence-electron chi connectivity index (χ2n) is 18.4. The first kappa shape index (κ1) is 38.1. The van der Waals surface area contributed by atoms with Crippen molar-refractivity contribution in [1.29, 1.82) is 0 Å². The topological polar surface area (TPSA) is 21.3 Å². The first-order chi connectivity index (χ1) is 33.0. The smallest absolute Gasteiger partial charge is 0.136 e. The first-order valence-electron chi connectivity index (χ1n) is 23.1. The summed E-state index contributed by atoms with van der Waals surface area (Å²) in [5.41, 5.74) is 18.7. The zero-order chi connectivity index (χ0) is 44.4. The van der Waals surface area contributed by atoms with Crippen molar-refractivity contribution in [2.45, 2.75) is 19.3 Å². The molecule has 0 N–H and O–H groups in total. The Morgan fingerprint density at radius 3 is 1.96 bits per heavy atom. The molecular weight excluding hydrogens is 833 g/mol. The predicted octanol–water partition coefficient (Wildman–Crippen LogP) is 18.2. The number of nitrogens with zero attached hydrogens (tertiary/aromatic N) is 2. The molecule has 3 heterocycles. The standard InChI is InChI=1S/C63H42N2OS/c1-63(2)52-20-9-6-16-46(52)47-33-32-44(38-53(47)63)64(43-30-26-39(27-31-43)45-19-12-24-58-61(45)49-18-8-11-23-57(49)66-58)56-22-13-25-60-62(56)51-37-41(29-35-59(51)67-60)40-28-34-55-50(36-40)48-17-7-10-21-54(48)65(55)42-14-4-3-5-15-42/h3-38H,1-2H3. The number of fused-ring (bicyclic) bond motifs is 12. The van der Waals surface area contributed by atoms with Crippen molar-refractivity contribution >= 4 is 92.3 Å². The van der Waals surface area contributed by atoms with Crippen LogP contribution in [0.2, 0.25) is 0 Å². The number of hydrogen-bond acceptors (Lipinski definition) is 3. The fraction of sp³-hybridized carbons (Fsp3) is 0.0476. The molecule has 0 aliphatic heterocycles. The monoisotopic (exact) mass is 874 g/mol. The molecule has 3 nitrogen and oxygen atoms in total. The third-order valence-electron chi connectivity index (χ3n) is 14.4. The highest BCUT2D eigenvalue weighted by Gasteiger charge is 2.36. The Hall–Kier alpha value is -8.18. The minimum Gasteiger partial charge on any atom is -0.456 e. The van der Waals surface area contributed by atoms with E-state index in [2.05, 4.69) is 236 Å². The highest BCUT2D eigenvalue weighted by molar-refractivity contribution is 7.26. The van der Waals surface area contributed by atoms with E-state index in [4.69, 9.17) is 4.42 Å². The lowest BCUT2D eigenvalue weighted by atomic mass is 9.82. The molecule has 0 saturated heterocycles. The summed E-state index contributed by atoms with van der Waals surface area (Å²) in [6.45, 7) is 4.73. The lowest BCUT2D eigenvalue weighted by Crippen LogP contribution is -2.16. The summed E-state index contributed by atoms with van der Waals surface area (Å²) < 4.78 is 11.2. The second kappa shape index (κ2) is 14.4. The summed E-state index contributed by atoms with van der Waals surface area (Å²) >= 11 is 1.87. The van der Waals surface area contributed by atoms with E-state index in [1.165, 1.54) is 86.6 Å². The number of para-hydroxylation sites is 3. The van der Waals surface area contributed by atoms with Gasteiger partial charge in [-0.2, -0.15) is 0 Å². The first-order valence-corrected chi connectivity index (χ1v) is 23.9. The predicted molar refractivity (Wildman–Crippen MR) is 284 cm³/mol. The molecule has 0 spiro atoms. The van der Waals surface area contributed by atoms with E-state index in [1.807, 2.05) is 17.4 Å². The maximum absolute atomic E-state index is 6.32. The second-order valence-corrected chi connectivity index (χ2v) is 19.5. The molecule has 1 aliphatic carbocycles. The van der Waals surface area contributed by atoms with E-state index in [-0.39, 0.29) is 5.41 Å². The number of anilines is 3. The molecule has 316 valence electrons. The molecule has 4 heteroatoms. The Morgan fingerprint density at radius 1 is 0.418 bits per heavy atom. The number of rotatable bonds is 6. The van der Waals surface area contributed by atoms with Gasteiger partial charge in [0.15, 0.2) is 0 Å². The Balaban J connectivity index is 0.951. The Kier molecular flexibility index (Phi) is 8.20. The third-order valence-corrected chi connectivity index (χ3v) is 15.5. The van der Waals surface area contributed by atoms with Crippen LogP contribution in [0.3, 0.4) is 0 Å². The minimum atomic E-state index is -0.145. The molecule has 10 aromatic carbocycles. The average Bonchev–Trinajstić information content (AvgIpc) is 4.11. The van der Waals surface area contributed by atoms with Gasteiger partial charge in [-0.25, -0.2) is 0 Å². The van der Waals surface area contributed by atoms with Crippen LogP contribution in [0, 0.1) is 0 Å². The molecule has 0 radical (unpaired) electrons. The summed E-state index contributed by atoms with van der Waals surface area (Å²) in [4.78, 5) is 2.49. The van der Waals surface area contributed by atoms with Gasteiger partial charge in [0.2, 0.25) is 0 Å². The fourth-order valence-electron chi connectivity index (χ4n) is 11.2. The van der Waals surface area contributed by atoms with Gasteiger partial charge in [-0.15, -0.1) is 11.3 Å². The minimum absolute atomic E-state index is 0.145. The van der Waals surface area contributed by atoms with Crippen molar-refractivity contribution in [3.63, 3.8) is 0 Å². The van der Waals surface area contributed by atoms with E-state index in [1.54, 1.807) is 0 Å². The zero-order valence-electron chi connectivity index (χ0n) is 37.0. The van der Waals surface area contributed by atoms with E-state index in [9.17, 15) is 0 Å². The lowest BCUT2D eigenvalue weighted by Gasteiger charge is -2.29. The van der Waals surface area contributed by atoms with Crippen LogP contribution in [0.1, 0.15) is 25.0 Å². The molecule has 0 fully saturated rings. The quantitative estimate of drug-likeness (QED) is 0.166. The van der Waals surface area contributed by atoms with Crippen molar-refractivity contribution in [3.8, 4) is 39.1 Å². The third kappa shape index (κ3) is 5.70. The Labute approximate surface area is 392 Å². The SMILES string of the molecule is CC1(C)c2ccccc2-c2ccc(N(c3ccc(-c4cccc5oc6ccccc6c45)cc3)c3cccc4sc5ccc(-c6ccc7c(c6)c6ccccc6n7-c6ccccc6)cc5c34)cc21. The fourth-order valence-corrected chi connectivity index (χ4v) is 12.4. The molecule has 13 aromatic rings. The number of hydrogen-bond donors (Lipinski definition) is 0. The number of aromatic nitrogens is 1. The highest BCUT2D eigenvalue weighted by Crippen LogP contribution is 2.52. The van der Waals surface area contributed by atoms with Gasteiger partial charge in [-0.1, -0.05) is 141 Å². The van der Waals surface area contributed by atoms with Gasteiger partial charge < -0.3 is 13.9 Å². The van der Waals surface area contributed by atoms with Gasteiger partial charge >= 0.3 is 0 Å². The molecule has 1 aliphatic rings. The molecular formula is C63H42N2OS. The summed E-state index contributed by atoms with van der Waals surface area (Å²) in [6, 6.07) is 80.2. The van der Waals surface area contributed by atoms with Gasteiger partial charge in [-0.3, -0.25) is 0 Å². The van der Waals surface area contributed by atoms with Gasteiger partial charge in [0, 0.05) is 64.2 Å². The number of furan rings is 1. The van der Waals surface area contributed by atoms with Crippen LogP contribution in [0.25, 0.3) is 103 Å². The van der Waals surface area contributed by atoms with E-state index >= 15 is 0 Å². The van der Waals surface area contributed by atoms with Crippen LogP contribution in [-0.2, 0) is 5.41 Å². The maximum Gasteiger partial charge on any atom is 0.136 e. The number of thiophene rings is 1. The van der Waals surface area contributed by atoms with Gasteiger partial charge in [0.1, 0.15) is 11.2 Å². The van der Waals surface area contributed by atoms with Gasteiger partial charge in [0.05, 0.1) is 16.7 Å². The lowest BCUT2D eigenvalue weighted by molar-refractivity contribution is 0.660. The van der Waals surface area contributed by atoms with Crippen LogP contribution in [-0.4, -0.2) is 4.57 Å². The van der Waals surface area contributed by atoms with Gasteiger partial charge in [-0.05, 0) is 136 Å². The molecule has 14 rings (SSSR count). The molecule has 0 unspecified atom stereocenters. The van der Waals surface area contributed by atoms with Gasteiger partial charge in [0.25, 0.3) is 0 Å². The molecule has 0 bridgehead atoms. The molecule has 3 aromatic heterocycles. The Bertz CT molecular complexity index is 4130. The summed E-state index contributed by atoms with van der Waals surface area (Å²) in [6.07, 6.45) is 0. The van der Waals surface area contributed by atoms with Crippen LogP contribution < -0.4 is 4.90 Å². The summed E-state index contributed by atoms with van der Waals surface area (Å²) in [7, 11) is 0. The molecule has 67 heavy (non-hydrogen) atoms. The zero-order valence-corrected chi connectivity index (χ0v) is 37.8. The number of benzene rings is 10. The molecule has 0 saturated carbocycles. The average molecular weight is 875 g/mol. The largest absolute Gasteiger partial charge is 0.456 e. The Morgan fingerprint density at radius 2 is 1.07 bits per heavy atom. The highest BCUT2D eigenvalue weighted by atomic mass is 32.1. The van der Waals surface area contributed by atoms with E-state index < -0.39 is 0 Å². The van der Waals surface area contributed by atoms with Crippen LogP contribution >= 0.6 is 11.3 Å². The van der Waals surface area contributed by atoms with Crippen molar-refractivity contribution in [3.05, 3.63) is 230 Å². The van der Waals surface area contributed by atoms with E-state index in [0.717, 1.165) is 44.6 Å². The van der Waals surface area contributed by atoms with Crippen molar-refractivity contribution in [2.24, 2.45) is 0 Å². The van der Waals surface area contributed by atoms with Crippen molar-refractivity contribution in [1.82, 2.24) is 4.57 Å². The summed E-state index contributed by atoms with van der Waals surface area (Å²) in [5, 5.41) is 7.30. The van der Waals surface area contributed by atoms with Crippen LogP contribution in [0.4, 0.5) is 17.1 Å². The molecule has 0 amide bonds. The summed E-state index contributed by atoms with van der Waals surface area (Å²) in [5.74, 6) is 0. The van der Waals surface area contributed by atoms with Crippen LogP contribution in [0.15, 0.2) is 223 Å². The molecule has 0 atom stereocenters. The maximum atomic E-state index is 6.32. The van der Waals surface area contributed by atoms with Crippen LogP contribution in [0.5, 0.6) is 0 Å². The normalized spacial score (nSPS) is 13.0.